The van der Waals surface area contributed by atoms with Gasteiger partial charge in [-0.25, -0.2) is 0 Å². The maximum atomic E-state index is 10.7. The molecule has 0 atom stereocenters. The third-order valence-corrected chi connectivity index (χ3v) is 2.32. The van der Waals surface area contributed by atoms with Gasteiger partial charge in [0.05, 0.1) is 26.4 Å². The van der Waals surface area contributed by atoms with Crippen LogP contribution in [0.15, 0.2) is 18.2 Å². The van der Waals surface area contributed by atoms with Gasteiger partial charge in [0.1, 0.15) is 12.9 Å². The third-order valence-electron chi connectivity index (χ3n) is 2.32. The van der Waals surface area contributed by atoms with Gasteiger partial charge >= 0.3 is 0 Å². The summed E-state index contributed by atoms with van der Waals surface area (Å²) in [7, 11) is 1.63. The zero-order valence-electron chi connectivity index (χ0n) is 11.4. The van der Waals surface area contributed by atoms with E-state index in [2.05, 4.69) is 0 Å². The molecule has 0 heterocycles. The molecule has 0 aliphatic rings. The van der Waals surface area contributed by atoms with Crippen LogP contribution in [0.4, 0.5) is 0 Å². The van der Waals surface area contributed by atoms with Crippen LogP contribution in [0, 0.1) is 0 Å². The van der Waals surface area contributed by atoms with E-state index in [0.29, 0.717) is 50.1 Å². The molecule has 0 saturated carbocycles. The van der Waals surface area contributed by atoms with Crippen LogP contribution in [-0.4, -0.2) is 46.4 Å². The lowest BCUT2D eigenvalue weighted by Gasteiger charge is -2.12. The van der Waals surface area contributed by atoms with Gasteiger partial charge in [-0.1, -0.05) is 0 Å². The van der Waals surface area contributed by atoms with Crippen molar-refractivity contribution in [3.8, 4) is 11.5 Å². The number of carbonyl (C=O) groups excluding carboxylic acids is 1. The quantitative estimate of drug-likeness (QED) is 0.479. The first-order valence-electron chi connectivity index (χ1n) is 6.23. The van der Waals surface area contributed by atoms with Gasteiger partial charge in [-0.2, -0.15) is 0 Å². The summed E-state index contributed by atoms with van der Waals surface area (Å²) in [5, 5.41) is 0. The van der Waals surface area contributed by atoms with Crippen molar-refractivity contribution in [2.24, 2.45) is 0 Å². The number of rotatable bonds is 10. The molecule has 1 rings (SSSR count). The molecule has 0 saturated heterocycles. The summed E-state index contributed by atoms with van der Waals surface area (Å²) >= 11 is 0. The smallest absolute Gasteiger partial charge is 0.161 e. The predicted molar refractivity (Wildman–Crippen MR) is 71.2 cm³/mol. The van der Waals surface area contributed by atoms with Crippen LogP contribution < -0.4 is 9.47 Å². The summed E-state index contributed by atoms with van der Waals surface area (Å²) in [6.45, 7) is 4.41. The standard InChI is InChI=1S/C14H20O5/c1-3-18-14-10-12(11-15)4-5-13(14)19-9-8-17-7-6-16-2/h4-5,10-11H,3,6-9H2,1-2H3. The maximum Gasteiger partial charge on any atom is 0.161 e. The van der Waals surface area contributed by atoms with Crippen molar-refractivity contribution in [2.75, 3.05) is 40.1 Å². The molecule has 19 heavy (non-hydrogen) atoms. The van der Waals surface area contributed by atoms with Crippen LogP contribution in [0.3, 0.4) is 0 Å². The predicted octanol–water partition coefficient (Wildman–Crippen LogP) is 1.94. The average Bonchev–Trinajstić information content (AvgIpc) is 2.44. The first-order valence-corrected chi connectivity index (χ1v) is 6.23. The number of aldehydes is 1. The minimum absolute atomic E-state index is 0.421. The Morgan fingerprint density at radius 2 is 1.84 bits per heavy atom. The molecule has 0 bridgehead atoms. The summed E-state index contributed by atoms with van der Waals surface area (Å²) in [6, 6.07) is 5.08. The van der Waals surface area contributed by atoms with Crippen molar-refractivity contribution < 1.29 is 23.7 Å². The van der Waals surface area contributed by atoms with E-state index in [1.165, 1.54) is 0 Å². The van der Waals surface area contributed by atoms with E-state index in [1.807, 2.05) is 6.92 Å². The Morgan fingerprint density at radius 3 is 2.53 bits per heavy atom. The van der Waals surface area contributed by atoms with Crippen molar-refractivity contribution in [3.05, 3.63) is 23.8 Å². The molecule has 0 N–H and O–H groups in total. The molecule has 0 radical (unpaired) electrons. The number of ether oxygens (including phenoxy) is 4. The van der Waals surface area contributed by atoms with Crippen LogP contribution in [0.25, 0.3) is 0 Å². The Balaban J connectivity index is 2.45. The lowest BCUT2D eigenvalue weighted by molar-refractivity contribution is 0.0539. The normalized spacial score (nSPS) is 10.2. The Morgan fingerprint density at radius 1 is 1.05 bits per heavy atom. The Bertz CT molecular complexity index is 378. The molecule has 5 heteroatoms. The van der Waals surface area contributed by atoms with Crippen molar-refractivity contribution in [1.82, 2.24) is 0 Å². The number of hydrogen-bond acceptors (Lipinski definition) is 5. The van der Waals surface area contributed by atoms with Crippen molar-refractivity contribution in [2.45, 2.75) is 6.92 Å². The van der Waals surface area contributed by atoms with E-state index in [-0.39, 0.29) is 0 Å². The lowest BCUT2D eigenvalue weighted by atomic mass is 10.2. The zero-order chi connectivity index (χ0) is 13.9. The Hall–Kier alpha value is -1.59. The SMILES string of the molecule is CCOc1cc(C=O)ccc1OCCOCCOC. The van der Waals surface area contributed by atoms with Crippen LogP contribution in [0.1, 0.15) is 17.3 Å². The fourth-order valence-electron chi connectivity index (χ4n) is 1.44. The van der Waals surface area contributed by atoms with Crippen molar-refractivity contribution in [3.63, 3.8) is 0 Å². The van der Waals surface area contributed by atoms with Gasteiger partial charge in [-0.3, -0.25) is 4.79 Å². The van der Waals surface area contributed by atoms with E-state index in [4.69, 9.17) is 18.9 Å². The Kier molecular flexibility index (Phi) is 7.62. The second kappa shape index (κ2) is 9.35. The summed E-state index contributed by atoms with van der Waals surface area (Å²) in [6.07, 6.45) is 0.778. The van der Waals surface area contributed by atoms with Crippen LogP contribution in [-0.2, 0) is 9.47 Å². The molecule has 5 nitrogen and oxygen atoms in total. The molecule has 0 spiro atoms. The number of methoxy groups -OCH3 is 1. The second-order valence-electron chi connectivity index (χ2n) is 3.71. The highest BCUT2D eigenvalue weighted by molar-refractivity contribution is 5.76. The van der Waals surface area contributed by atoms with E-state index >= 15 is 0 Å². The highest BCUT2D eigenvalue weighted by Crippen LogP contribution is 2.27. The molecule has 1 aromatic carbocycles. The summed E-state index contributed by atoms with van der Waals surface area (Å²) < 4.78 is 21.2. The zero-order valence-corrected chi connectivity index (χ0v) is 11.4. The molecule has 0 unspecified atom stereocenters. The minimum atomic E-state index is 0.421. The average molecular weight is 268 g/mol. The fraction of sp³-hybridized carbons (Fsp3) is 0.500. The van der Waals surface area contributed by atoms with E-state index in [9.17, 15) is 4.79 Å². The topological polar surface area (TPSA) is 54.0 Å². The summed E-state index contributed by atoms with van der Waals surface area (Å²) in [5.74, 6) is 1.19. The van der Waals surface area contributed by atoms with Crippen LogP contribution >= 0.6 is 0 Å². The molecular formula is C14H20O5. The highest BCUT2D eigenvalue weighted by atomic mass is 16.5. The van der Waals surface area contributed by atoms with Crippen LogP contribution in [0.5, 0.6) is 11.5 Å². The second-order valence-corrected chi connectivity index (χ2v) is 3.71. The molecule has 0 amide bonds. The first-order chi connectivity index (χ1) is 9.31. The van der Waals surface area contributed by atoms with Gasteiger partial charge in [0.15, 0.2) is 11.5 Å². The van der Waals surface area contributed by atoms with Gasteiger partial charge in [0, 0.05) is 12.7 Å². The fourth-order valence-corrected chi connectivity index (χ4v) is 1.44. The molecular weight excluding hydrogens is 248 g/mol. The van der Waals surface area contributed by atoms with E-state index < -0.39 is 0 Å². The van der Waals surface area contributed by atoms with Gasteiger partial charge in [0.25, 0.3) is 0 Å². The van der Waals surface area contributed by atoms with Crippen molar-refractivity contribution in [1.29, 1.82) is 0 Å². The van der Waals surface area contributed by atoms with Gasteiger partial charge < -0.3 is 18.9 Å². The Labute approximate surface area is 113 Å². The van der Waals surface area contributed by atoms with Gasteiger partial charge in [-0.05, 0) is 25.1 Å². The largest absolute Gasteiger partial charge is 0.490 e. The number of hydrogen-bond donors (Lipinski definition) is 0. The maximum absolute atomic E-state index is 10.7. The molecule has 0 aliphatic carbocycles. The number of carbonyl (C=O) groups is 1. The van der Waals surface area contributed by atoms with E-state index in [1.54, 1.807) is 25.3 Å². The summed E-state index contributed by atoms with van der Waals surface area (Å²) in [4.78, 5) is 10.7. The molecule has 106 valence electrons. The highest BCUT2D eigenvalue weighted by Gasteiger charge is 2.06. The minimum Gasteiger partial charge on any atom is -0.490 e. The van der Waals surface area contributed by atoms with E-state index in [0.717, 1.165) is 6.29 Å². The van der Waals surface area contributed by atoms with Gasteiger partial charge in [-0.15, -0.1) is 0 Å². The molecule has 0 aromatic heterocycles. The molecule has 0 fully saturated rings. The monoisotopic (exact) mass is 268 g/mol. The lowest BCUT2D eigenvalue weighted by Crippen LogP contribution is -2.10. The molecule has 0 aliphatic heterocycles. The van der Waals surface area contributed by atoms with Gasteiger partial charge in [0.2, 0.25) is 0 Å². The summed E-state index contributed by atoms with van der Waals surface area (Å²) in [5.41, 5.74) is 0.562. The van der Waals surface area contributed by atoms with Crippen LogP contribution in [0.2, 0.25) is 0 Å². The number of benzene rings is 1. The first kappa shape index (κ1) is 15.5. The third kappa shape index (κ3) is 5.72. The molecule has 1 aromatic rings. The van der Waals surface area contributed by atoms with Crippen molar-refractivity contribution >= 4 is 6.29 Å².